The number of thioether (sulfide) groups is 1. The second-order valence-electron chi connectivity index (χ2n) is 5.54. The van der Waals surface area contributed by atoms with E-state index in [0.29, 0.717) is 16.7 Å². The lowest BCUT2D eigenvalue weighted by atomic mass is 9.96. The van der Waals surface area contributed by atoms with Crippen LogP contribution in [0, 0.1) is 0 Å². The van der Waals surface area contributed by atoms with Crippen molar-refractivity contribution in [1.82, 2.24) is 14.8 Å². The van der Waals surface area contributed by atoms with Crippen LogP contribution in [-0.4, -0.2) is 37.2 Å². The zero-order valence-electron chi connectivity index (χ0n) is 13.2. The van der Waals surface area contributed by atoms with E-state index >= 15 is 0 Å². The first-order valence-electron chi connectivity index (χ1n) is 7.52. The Bertz CT molecular complexity index is 1030. The van der Waals surface area contributed by atoms with Crippen molar-refractivity contribution in [2.24, 2.45) is 0 Å². The predicted octanol–water partition coefficient (Wildman–Crippen LogP) is 2.84. The molecule has 1 aliphatic rings. The Morgan fingerprint density at radius 3 is 2.84 bits per heavy atom. The normalized spacial score (nSPS) is 16.2. The van der Waals surface area contributed by atoms with Crippen molar-refractivity contribution in [2.45, 2.75) is 11.2 Å². The second kappa shape index (κ2) is 5.82. The molecular formula is C17H14N4O3S. The second-order valence-corrected chi connectivity index (χ2v) is 6.31. The number of hydrogen-bond donors (Lipinski definition) is 3. The van der Waals surface area contributed by atoms with Crippen LogP contribution in [0.1, 0.15) is 11.6 Å². The van der Waals surface area contributed by atoms with Gasteiger partial charge in [-0.15, -0.1) is 5.10 Å². The SMILES string of the molecule is CSc1nc2n(n1)[C@H](c1c(O)ccc3ccccc13)C=C(C(=O)O)N2. The molecule has 0 aliphatic carbocycles. The van der Waals surface area contributed by atoms with Crippen LogP contribution >= 0.6 is 11.8 Å². The number of carboxylic acid groups (broad SMARTS) is 1. The maximum atomic E-state index is 11.5. The highest BCUT2D eigenvalue weighted by Crippen LogP contribution is 2.38. The number of anilines is 1. The van der Waals surface area contributed by atoms with Gasteiger partial charge in [-0.2, -0.15) is 4.98 Å². The largest absolute Gasteiger partial charge is 0.508 e. The van der Waals surface area contributed by atoms with E-state index in [0.717, 1.165) is 10.8 Å². The minimum atomic E-state index is -1.09. The number of fused-ring (bicyclic) bond motifs is 2. The number of aliphatic carboxylic acids is 1. The van der Waals surface area contributed by atoms with Crippen LogP contribution in [0.4, 0.5) is 5.95 Å². The van der Waals surface area contributed by atoms with Crippen LogP contribution in [0.3, 0.4) is 0 Å². The molecule has 3 aromatic rings. The number of aromatic nitrogens is 3. The maximum absolute atomic E-state index is 11.5. The van der Waals surface area contributed by atoms with Crippen LogP contribution in [0.2, 0.25) is 0 Å². The fraction of sp³-hybridized carbons (Fsp3) is 0.118. The summed E-state index contributed by atoms with van der Waals surface area (Å²) < 4.78 is 1.60. The van der Waals surface area contributed by atoms with E-state index in [1.165, 1.54) is 17.8 Å². The van der Waals surface area contributed by atoms with Crippen molar-refractivity contribution in [3.05, 3.63) is 53.7 Å². The highest BCUT2D eigenvalue weighted by atomic mass is 32.2. The van der Waals surface area contributed by atoms with Gasteiger partial charge in [-0.25, -0.2) is 9.48 Å². The van der Waals surface area contributed by atoms with Gasteiger partial charge in [-0.05, 0) is 29.2 Å². The van der Waals surface area contributed by atoms with Crippen molar-refractivity contribution in [2.75, 3.05) is 11.6 Å². The first-order valence-corrected chi connectivity index (χ1v) is 8.74. The number of nitrogens with zero attached hydrogens (tertiary/aromatic N) is 3. The molecule has 126 valence electrons. The van der Waals surface area contributed by atoms with Gasteiger partial charge >= 0.3 is 5.97 Å². The molecule has 2 aromatic carbocycles. The molecular weight excluding hydrogens is 340 g/mol. The van der Waals surface area contributed by atoms with E-state index in [9.17, 15) is 15.0 Å². The number of benzene rings is 2. The average Bonchev–Trinajstić information content (AvgIpc) is 3.04. The first kappa shape index (κ1) is 15.5. The van der Waals surface area contributed by atoms with Crippen LogP contribution < -0.4 is 5.32 Å². The summed E-state index contributed by atoms with van der Waals surface area (Å²) >= 11 is 1.36. The van der Waals surface area contributed by atoms with Gasteiger partial charge in [0, 0.05) is 5.56 Å². The van der Waals surface area contributed by atoms with Gasteiger partial charge in [0.2, 0.25) is 11.1 Å². The van der Waals surface area contributed by atoms with Crippen molar-refractivity contribution in [1.29, 1.82) is 0 Å². The van der Waals surface area contributed by atoms with E-state index in [-0.39, 0.29) is 11.4 Å². The van der Waals surface area contributed by atoms with Crippen molar-refractivity contribution in [3.8, 4) is 5.75 Å². The zero-order valence-corrected chi connectivity index (χ0v) is 14.0. The molecule has 0 bridgehead atoms. The fourth-order valence-electron chi connectivity index (χ4n) is 2.99. The monoisotopic (exact) mass is 354 g/mol. The van der Waals surface area contributed by atoms with Gasteiger partial charge in [-0.1, -0.05) is 42.1 Å². The lowest BCUT2D eigenvalue weighted by Crippen LogP contribution is -2.24. The molecule has 1 aromatic heterocycles. The summed E-state index contributed by atoms with van der Waals surface area (Å²) in [7, 11) is 0. The Kier molecular flexibility index (Phi) is 3.61. The van der Waals surface area contributed by atoms with Gasteiger partial charge in [0.25, 0.3) is 0 Å². The van der Waals surface area contributed by atoms with Crippen LogP contribution in [0.15, 0.2) is 53.3 Å². The molecule has 0 unspecified atom stereocenters. The topological polar surface area (TPSA) is 100 Å². The number of hydrogen-bond acceptors (Lipinski definition) is 6. The third-order valence-electron chi connectivity index (χ3n) is 4.10. The summed E-state index contributed by atoms with van der Waals surface area (Å²) in [5.74, 6) is -0.676. The maximum Gasteiger partial charge on any atom is 0.352 e. The van der Waals surface area contributed by atoms with Gasteiger partial charge in [0.15, 0.2) is 0 Å². The molecule has 4 rings (SSSR count). The van der Waals surface area contributed by atoms with E-state index in [2.05, 4.69) is 15.4 Å². The third-order valence-corrected chi connectivity index (χ3v) is 4.64. The van der Waals surface area contributed by atoms with Crippen molar-refractivity contribution >= 4 is 34.5 Å². The standard InChI is InChI=1S/C17H14N4O3S/c1-25-17-19-16-18-11(15(23)24)8-12(21(16)20-17)14-10-5-3-2-4-9(10)6-7-13(14)22/h2-8,12,22H,1H3,(H,23,24)(H,18,19,20)/t12-/m0/s1. The summed E-state index contributed by atoms with van der Waals surface area (Å²) in [6.07, 6.45) is 3.38. The molecule has 0 saturated heterocycles. The summed E-state index contributed by atoms with van der Waals surface area (Å²) in [5, 5.41) is 29.4. The molecule has 0 amide bonds. The summed E-state index contributed by atoms with van der Waals surface area (Å²) in [6.45, 7) is 0. The number of carboxylic acids is 1. The molecule has 1 atom stereocenters. The van der Waals surface area contributed by atoms with Crippen molar-refractivity contribution in [3.63, 3.8) is 0 Å². The van der Waals surface area contributed by atoms with Gasteiger partial charge < -0.3 is 15.5 Å². The summed E-state index contributed by atoms with van der Waals surface area (Å²) in [5.41, 5.74) is 0.599. The molecule has 0 saturated carbocycles. The minimum absolute atomic E-state index is 0.00453. The summed E-state index contributed by atoms with van der Waals surface area (Å²) in [4.78, 5) is 15.8. The average molecular weight is 354 g/mol. The molecule has 25 heavy (non-hydrogen) atoms. The number of phenols is 1. The van der Waals surface area contributed by atoms with E-state index in [1.807, 2.05) is 36.6 Å². The minimum Gasteiger partial charge on any atom is -0.508 e. The Balaban J connectivity index is 1.99. The van der Waals surface area contributed by atoms with Crippen LogP contribution in [0.25, 0.3) is 10.8 Å². The third kappa shape index (κ3) is 2.51. The van der Waals surface area contributed by atoms with E-state index in [4.69, 9.17) is 0 Å². The number of allylic oxidation sites excluding steroid dienone is 1. The van der Waals surface area contributed by atoms with Crippen molar-refractivity contribution < 1.29 is 15.0 Å². The van der Waals surface area contributed by atoms with E-state index < -0.39 is 12.0 Å². The zero-order chi connectivity index (χ0) is 17.6. The number of aromatic hydroxyl groups is 1. The van der Waals surface area contributed by atoms with Gasteiger partial charge in [0.05, 0.1) is 0 Å². The molecule has 3 N–H and O–H groups in total. The molecule has 7 nitrogen and oxygen atoms in total. The van der Waals surface area contributed by atoms with Crippen LogP contribution in [-0.2, 0) is 4.79 Å². The van der Waals surface area contributed by atoms with E-state index in [1.54, 1.807) is 10.7 Å². The molecule has 8 heteroatoms. The lowest BCUT2D eigenvalue weighted by molar-refractivity contribution is -0.132. The Morgan fingerprint density at radius 2 is 2.08 bits per heavy atom. The quantitative estimate of drug-likeness (QED) is 0.622. The molecule has 1 aliphatic heterocycles. The lowest BCUT2D eigenvalue weighted by Gasteiger charge is -2.24. The summed E-state index contributed by atoms with van der Waals surface area (Å²) in [6, 6.07) is 10.5. The highest BCUT2D eigenvalue weighted by Gasteiger charge is 2.29. The first-order chi connectivity index (χ1) is 12.1. The highest BCUT2D eigenvalue weighted by molar-refractivity contribution is 7.98. The fourth-order valence-corrected chi connectivity index (χ4v) is 3.33. The Hall–Kier alpha value is -3.00. The molecule has 0 spiro atoms. The number of phenolic OH excluding ortho intramolecular Hbond substituents is 1. The smallest absolute Gasteiger partial charge is 0.352 e. The van der Waals surface area contributed by atoms with Gasteiger partial charge in [0.1, 0.15) is 17.5 Å². The molecule has 0 radical (unpaired) electrons. The number of nitrogens with one attached hydrogen (secondary N) is 1. The Morgan fingerprint density at radius 1 is 1.28 bits per heavy atom. The van der Waals surface area contributed by atoms with Gasteiger partial charge in [-0.3, -0.25) is 0 Å². The number of carbonyl (C=O) groups is 1. The molecule has 0 fully saturated rings. The Labute approximate surface area is 147 Å². The molecule has 2 heterocycles. The predicted molar refractivity (Wildman–Crippen MR) is 94.9 cm³/mol. The van der Waals surface area contributed by atoms with Crippen LogP contribution in [0.5, 0.6) is 5.75 Å². The number of rotatable bonds is 3.